The van der Waals surface area contributed by atoms with Gasteiger partial charge in [-0.05, 0) is 47.1 Å². The van der Waals surface area contributed by atoms with Crippen molar-refractivity contribution in [2.45, 2.75) is 6.92 Å². The molecule has 0 atom stereocenters. The quantitative estimate of drug-likeness (QED) is 0.395. The predicted octanol–water partition coefficient (Wildman–Crippen LogP) is 5.11. The van der Waals surface area contributed by atoms with Gasteiger partial charge in [-0.15, -0.1) is 0 Å². The second-order valence-corrected chi connectivity index (χ2v) is 5.94. The largest absolute Gasteiger partial charge is 0.455 e. The Morgan fingerprint density at radius 3 is 2.38 bits per heavy atom. The molecule has 7 heteroatoms. The van der Waals surface area contributed by atoms with Gasteiger partial charge in [-0.1, -0.05) is 15.9 Å². The van der Waals surface area contributed by atoms with Crippen molar-refractivity contribution in [2.24, 2.45) is 0 Å². The molecular weight excluding hydrogens is 406 g/mol. The van der Waals surface area contributed by atoms with E-state index >= 15 is 0 Å². The van der Waals surface area contributed by atoms with E-state index < -0.39 is 4.92 Å². The van der Waals surface area contributed by atoms with Crippen LogP contribution in [0.2, 0.25) is 0 Å². The van der Waals surface area contributed by atoms with Gasteiger partial charge in [0.2, 0.25) is 0 Å². The maximum absolute atomic E-state index is 11.6. The molecule has 0 unspecified atom stereocenters. The maximum atomic E-state index is 11.6. The Morgan fingerprint density at radius 2 is 1.81 bits per heavy atom. The molecule has 0 aliphatic rings. The molecule has 21 heavy (non-hydrogen) atoms. The highest BCUT2D eigenvalue weighted by Gasteiger charge is 2.16. The minimum Gasteiger partial charge on any atom is -0.455 e. The number of nitrogens with zero attached hydrogens (tertiary/aromatic N) is 1. The second kappa shape index (κ2) is 6.36. The summed E-state index contributed by atoms with van der Waals surface area (Å²) in [6.45, 7) is 1.34. The van der Waals surface area contributed by atoms with E-state index in [2.05, 4.69) is 31.9 Å². The van der Waals surface area contributed by atoms with Gasteiger partial charge in [-0.3, -0.25) is 14.9 Å². The van der Waals surface area contributed by atoms with Crippen LogP contribution in [0.25, 0.3) is 0 Å². The zero-order valence-electron chi connectivity index (χ0n) is 10.8. The lowest BCUT2D eigenvalue weighted by atomic mass is 10.1. The van der Waals surface area contributed by atoms with Gasteiger partial charge < -0.3 is 4.74 Å². The molecule has 0 N–H and O–H groups in total. The number of carbonyl (C=O) groups excluding carboxylic acids is 1. The third-order valence-corrected chi connectivity index (χ3v) is 3.78. The topological polar surface area (TPSA) is 69.4 Å². The Balaban J connectivity index is 2.44. The van der Waals surface area contributed by atoms with E-state index in [0.29, 0.717) is 10.2 Å². The Bertz CT molecular complexity index is 731. The summed E-state index contributed by atoms with van der Waals surface area (Å²) in [5.41, 5.74) is 0.0152. The smallest absolute Gasteiger partial charge is 0.270 e. The number of carbonyl (C=O) groups is 1. The van der Waals surface area contributed by atoms with Crippen LogP contribution in [-0.2, 0) is 0 Å². The molecule has 0 aliphatic heterocycles. The van der Waals surface area contributed by atoms with Crippen LogP contribution in [0.4, 0.5) is 5.69 Å². The van der Waals surface area contributed by atoms with E-state index in [1.807, 2.05) is 0 Å². The van der Waals surface area contributed by atoms with Crippen LogP contribution in [0.5, 0.6) is 11.5 Å². The SMILES string of the molecule is CC(=O)c1cc([N+](=O)[O-])ccc1Oc1ccc(Br)cc1Br. The van der Waals surface area contributed by atoms with Crippen molar-refractivity contribution in [3.05, 3.63) is 61.0 Å². The van der Waals surface area contributed by atoms with Crippen molar-refractivity contribution in [3.63, 3.8) is 0 Å². The van der Waals surface area contributed by atoms with Crippen molar-refractivity contribution in [2.75, 3.05) is 0 Å². The summed E-state index contributed by atoms with van der Waals surface area (Å²) in [4.78, 5) is 21.9. The summed E-state index contributed by atoms with van der Waals surface area (Å²) in [6.07, 6.45) is 0. The highest BCUT2D eigenvalue weighted by Crippen LogP contribution is 2.34. The van der Waals surface area contributed by atoms with Crippen LogP contribution in [0.3, 0.4) is 0 Å². The molecule has 0 aliphatic carbocycles. The predicted molar refractivity (Wildman–Crippen MR) is 85.0 cm³/mol. The first-order valence-electron chi connectivity index (χ1n) is 5.81. The lowest BCUT2D eigenvalue weighted by Crippen LogP contribution is -1.99. The van der Waals surface area contributed by atoms with Crippen LogP contribution in [0, 0.1) is 10.1 Å². The molecular formula is C14H9Br2NO4. The molecule has 0 spiro atoms. The van der Waals surface area contributed by atoms with E-state index in [4.69, 9.17) is 4.74 Å². The minimum atomic E-state index is -0.550. The first-order valence-corrected chi connectivity index (χ1v) is 7.39. The number of halogens is 2. The van der Waals surface area contributed by atoms with Gasteiger partial charge in [0.25, 0.3) is 5.69 Å². The summed E-state index contributed by atoms with van der Waals surface area (Å²) in [7, 11) is 0. The summed E-state index contributed by atoms with van der Waals surface area (Å²) >= 11 is 6.69. The van der Waals surface area contributed by atoms with Crippen molar-refractivity contribution < 1.29 is 14.5 Å². The fourth-order valence-electron chi connectivity index (χ4n) is 1.67. The van der Waals surface area contributed by atoms with Gasteiger partial charge in [0.1, 0.15) is 11.5 Å². The minimum absolute atomic E-state index is 0.151. The number of ether oxygens (including phenoxy) is 1. The van der Waals surface area contributed by atoms with Gasteiger partial charge in [0.05, 0.1) is 15.0 Å². The van der Waals surface area contributed by atoms with Crippen LogP contribution >= 0.6 is 31.9 Å². The molecule has 2 rings (SSSR count). The van der Waals surface area contributed by atoms with Gasteiger partial charge in [-0.2, -0.15) is 0 Å². The number of ketones is 1. The Hall–Kier alpha value is -1.73. The van der Waals surface area contributed by atoms with Gasteiger partial charge in [-0.25, -0.2) is 0 Å². The fourth-order valence-corrected chi connectivity index (χ4v) is 2.80. The molecule has 108 valence electrons. The number of hydrogen-bond acceptors (Lipinski definition) is 4. The second-order valence-electron chi connectivity index (χ2n) is 4.17. The third-order valence-electron chi connectivity index (χ3n) is 2.67. The van der Waals surface area contributed by atoms with Gasteiger partial charge >= 0.3 is 0 Å². The van der Waals surface area contributed by atoms with E-state index in [9.17, 15) is 14.9 Å². The first-order chi connectivity index (χ1) is 9.88. The maximum Gasteiger partial charge on any atom is 0.270 e. The van der Waals surface area contributed by atoms with Crippen LogP contribution < -0.4 is 4.74 Å². The molecule has 2 aromatic rings. The van der Waals surface area contributed by atoms with Crippen molar-refractivity contribution >= 4 is 43.3 Å². The molecule has 2 aromatic carbocycles. The molecule has 0 bridgehead atoms. The van der Waals surface area contributed by atoms with Crippen molar-refractivity contribution in [1.29, 1.82) is 0 Å². The summed E-state index contributed by atoms with van der Waals surface area (Å²) < 4.78 is 7.25. The third kappa shape index (κ3) is 3.68. The molecule has 5 nitrogen and oxygen atoms in total. The average molecular weight is 415 g/mol. The average Bonchev–Trinajstić information content (AvgIpc) is 2.41. The van der Waals surface area contributed by atoms with E-state index in [-0.39, 0.29) is 22.8 Å². The Labute approximate surface area is 137 Å². The summed E-state index contributed by atoms with van der Waals surface area (Å²) in [5.74, 6) is 0.479. The first kappa shape index (κ1) is 15.7. The normalized spacial score (nSPS) is 10.2. The summed E-state index contributed by atoms with van der Waals surface area (Å²) in [6, 6.07) is 9.24. The zero-order valence-corrected chi connectivity index (χ0v) is 14.0. The molecule has 0 radical (unpaired) electrons. The Kier molecular flexibility index (Phi) is 4.74. The van der Waals surface area contributed by atoms with Gasteiger partial charge in [0, 0.05) is 16.6 Å². The molecule has 0 saturated carbocycles. The van der Waals surface area contributed by atoms with Crippen LogP contribution in [-0.4, -0.2) is 10.7 Å². The number of nitro benzene ring substituents is 1. The highest BCUT2D eigenvalue weighted by molar-refractivity contribution is 9.11. The monoisotopic (exact) mass is 413 g/mol. The number of rotatable bonds is 4. The fraction of sp³-hybridized carbons (Fsp3) is 0.0714. The molecule has 0 heterocycles. The lowest BCUT2D eigenvalue weighted by molar-refractivity contribution is -0.384. The molecule has 0 amide bonds. The van der Waals surface area contributed by atoms with Crippen molar-refractivity contribution in [1.82, 2.24) is 0 Å². The number of nitro groups is 1. The number of Topliss-reactive ketones (excluding diaryl/α,β-unsaturated/α-hetero) is 1. The van der Waals surface area contributed by atoms with E-state index in [1.54, 1.807) is 18.2 Å². The zero-order chi connectivity index (χ0) is 15.6. The molecule has 0 aromatic heterocycles. The molecule has 0 saturated heterocycles. The summed E-state index contributed by atoms with van der Waals surface area (Å²) in [5, 5.41) is 10.8. The standard InChI is InChI=1S/C14H9Br2NO4/c1-8(18)11-7-10(17(19)20)3-5-13(11)21-14-4-2-9(15)6-12(14)16/h2-7H,1H3. The van der Waals surface area contributed by atoms with E-state index in [1.165, 1.54) is 25.1 Å². The number of benzene rings is 2. The number of non-ortho nitro benzene ring substituents is 1. The van der Waals surface area contributed by atoms with Gasteiger partial charge in [0.15, 0.2) is 5.78 Å². The number of hydrogen-bond donors (Lipinski definition) is 0. The highest BCUT2D eigenvalue weighted by atomic mass is 79.9. The van der Waals surface area contributed by atoms with E-state index in [0.717, 1.165) is 4.47 Å². The van der Waals surface area contributed by atoms with Crippen molar-refractivity contribution in [3.8, 4) is 11.5 Å². The van der Waals surface area contributed by atoms with Crippen LogP contribution in [0.1, 0.15) is 17.3 Å². The Morgan fingerprint density at radius 1 is 1.14 bits per heavy atom. The molecule has 0 fully saturated rings. The lowest BCUT2D eigenvalue weighted by Gasteiger charge is -2.11. The van der Waals surface area contributed by atoms with Crippen LogP contribution in [0.15, 0.2) is 45.3 Å².